The van der Waals surface area contributed by atoms with Gasteiger partial charge >= 0.3 is 6.03 Å². The molecule has 1 aliphatic heterocycles. The van der Waals surface area contributed by atoms with E-state index in [0.29, 0.717) is 45.0 Å². The highest BCUT2D eigenvalue weighted by Gasteiger charge is 2.31. The van der Waals surface area contributed by atoms with Crippen molar-refractivity contribution in [2.75, 3.05) is 31.7 Å². The lowest BCUT2D eigenvalue weighted by atomic mass is 10.1. The van der Waals surface area contributed by atoms with Gasteiger partial charge in [0.25, 0.3) is 0 Å². The van der Waals surface area contributed by atoms with E-state index < -0.39 is 6.04 Å². The topological polar surface area (TPSA) is 88.5 Å². The van der Waals surface area contributed by atoms with Gasteiger partial charge in [-0.15, -0.1) is 0 Å². The smallest absolute Gasteiger partial charge is 0.324 e. The molecule has 0 spiro atoms. The van der Waals surface area contributed by atoms with Gasteiger partial charge < -0.3 is 19.9 Å². The molecule has 0 aliphatic carbocycles. The Kier molecular flexibility index (Phi) is 6.47. The summed E-state index contributed by atoms with van der Waals surface area (Å²) in [6.45, 7) is 2.26. The van der Waals surface area contributed by atoms with E-state index in [0.717, 1.165) is 16.6 Å². The molecule has 31 heavy (non-hydrogen) atoms. The summed E-state index contributed by atoms with van der Waals surface area (Å²) in [5.74, 6) is 0.402. The maximum Gasteiger partial charge on any atom is 0.324 e. The zero-order valence-corrected chi connectivity index (χ0v) is 17.6. The van der Waals surface area contributed by atoms with Gasteiger partial charge in [0.05, 0.1) is 11.0 Å². The molecule has 1 atom stereocenters. The number of ether oxygens (including phenoxy) is 1. The summed E-state index contributed by atoms with van der Waals surface area (Å²) < 4.78 is 7.07. The maximum absolute atomic E-state index is 13.1. The highest BCUT2D eigenvalue weighted by Crippen LogP contribution is 2.27. The first kappa shape index (κ1) is 20.9. The van der Waals surface area contributed by atoms with Crippen molar-refractivity contribution in [3.63, 3.8) is 0 Å². The van der Waals surface area contributed by atoms with Gasteiger partial charge in [-0.05, 0) is 24.1 Å². The van der Waals surface area contributed by atoms with Crippen molar-refractivity contribution in [2.24, 2.45) is 0 Å². The molecule has 1 aromatic heterocycles. The monoisotopic (exact) mass is 421 g/mol. The molecule has 0 saturated carbocycles. The first-order chi connectivity index (χ1) is 15.2. The van der Waals surface area contributed by atoms with Crippen LogP contribution in [-0.4, -0.2) is 54.3 Å². The number of fused-ring (bicyclic) bond motifs is 3. The fourth-order valence-electron chi connectivity index (χ4n) is 3.82. The first-order valence-corrected chi connectivity index (χ1v) is 10.5. The molecule has 8 heteroatoms. The van der Waals surface area contributed by atoms with Gasteiger partial charge in [-0.3, -0.25) is 9.69 Å². The van der Waals surface area contributed by atoms with Crippen LogP contribution in [0.2, 0.25) is 0 Å². The van der Waals surface area contributed by atoms with Crippen molar-refractivity contribution in [2.45, 2.75) is 25.4 Å². The van der Waals surface area contributed by atoms with Crippen molar-refractivity contribution in [3.05, 3.63) is 60.2 Å². The summed E-state index contributed by atoms with van der Waals surface area (Å²) in [7, 11) is 1.63. The number of methoxy groups -OCH3 is 1. The average molecular weight is 422 g/mol. The largest absolute Gasteiger partial charge is 0.385 e. The molecule has 2 heterocycles. The molecule has 0 fully saturated rings. The van der Waals surface area contributed by atoms with Crippen LogP contribution in [0.4, 0.5) is 10.7 Å². The number of imidazole rings is 1. The Morgan fingerprint density at radius 1 is 1.10 bits per heavy atom. The average Bonchev–Trinajstić information content (AvgIpc) is 3.36. The fourth-order valence-corrected chi connectivity index (χ4v) is 3.82. The van der Waals surface area contributed by atoms with Crippen LogP contribution in [0.5, 0.6) is 0 Å². The van der Waals surface area contributed by atoms with Gasteiger partial charge in [0.1, 0.15) is 6.04 Å². The van der Waals surface area contributed by atoms with Crippen molar-refractivity contribution >= 4 is 28.9 Å². The van der Waals surface area contributed by atoms with Gasteiger partial charge in [0.2, 0.25) is 11.9 Å². The van der Waals surface area contributed by atoms with Crippen molar-refractivity contribution in [1.82, 2.24) is 20.2 Å². The van der Waals surface area contributed by atoms with E-state index in [-0.39, 0.29) is 11.9 Å². The third-order valence-electron chi connectivity index (χ3n) is 5.39. The highest BCUT2D eigenvalue weighted by molar-refractivity contribution is 5.96. The van der Waals surface area contributed by atoms with Crippen LogP contribution in [-0.2, 0) is 22.5 Å². The zero-order valence-electron chi connectivity index (χ0n) is 17.6. The molecule has 0 saturated heterocycles. The maximum atomic E-state index is 13.1. The summed E-state index contributed by atoms with van der Waals surface area (Å²) in [4.78, 5) is 32.2. The van der Waals surface area contributed by atoms with E-state index in [4.69, 9.17) is 4.74 Å². The van der Waals surface area contributed by atoms with Crippen LogP contribution in [0.25, 0.3) is 11.0 Å². The van der Waals surface area contributed by atoms with E-state index in [1.54, 1.807) is 12.0 Å². The molecule has 162 valence electrons. The van der Waals surface area contributed by atoms with E-state index >= 15 is 0 Å². The number of anilines is 1. The van der Waals surface area contributed by atoms with E-state index in [1.165, 1.54) is 0 Å². The predicted molar refractivity (Wildman–Crippen MR) is 119 cm³/mol. The van der Waals surface area contributed by atoms with Gasteiger partial charge in [-0.2, -0.15) is 0 Å². The number of nitrogens with zero attached hydrogens (tertiary/aromatic N) is 3. The molecule has 3 amide bonds. The lowest BCUT2D eigenvalue weighted by Crippen LogP contribution is -2.52. The van der Waals surface area contributed by atoms with Crippen LogP contribution < -0.4 is 15.5 Å². The number of urea groups is 1. The molecule has 2 N–H and O–H groups in total. The van der Waals surface area contributed by atoms with E-state index in [1.807, 2.05) is 59.2 Å². The van der Waals surface area contributed by atoms with Gasteiger partial charge in [0, 0.05) is 39.8 Å². The number of nitrogens with one attached hydrogen (secondary N) is 2. The minimum atomic E-state index is -0.684. The molecule has 8 nitrogen and oxygen atoms in total. The number of carbonyl (C=O) groups excluding carboxylic acids is 2. The second-order valence-corrected chi connectivity index (χ2v) is 7.53. The number of rotatable bonds is 8. The Hall–Kier alpha value is -3.39. The van der Waals surface area contributed by atoms with Crippen LogP contribution in [0.15, 0.2) is 54.6 Å². The summed E-state index contributed by atoms with van der Waals surface area (Å²) in [5.41, 5.74) is 2.84. The molecule has 4 rings (SSSR count). The van der Waals surface area contributed by atoms with Crippen LogP contribution >= 0.6 is 0 Å². The molecular formula is C23H27N5O3. The Morgan fingerprint density at radius 3 is 2.68 bits per heavy atom. The first-order valence-electron chi connectivity index (χ1n) is 10.5. The number of hydrogen-bond donors (Lipinski definition) is 2. The van der Waals surface area contributed by atoms with E-state index in [9.17, 15) is 9.59 Å². The number of carbonyl (C=O) groups is 2. The Bertz CT molecular complexity index is 1050. The molecule has 2 aromatic carbocycles. The lowest BCUT2D eigenvalue weighted by Gasteiger charge is -2.22. The van der Waals surface area contributed by atoms with Crippen molar-refractivity contribution in [3.8, 4) is 0 Å². The molecular weight excluding hydrogens is 394 g/mol. The van der Waals surface area contributed by atoms with Crippen LogP contribution in [0.1, 0.15) is 12.0 Å². The molecule has 1 aliphatic rings. The second-order valence-electron chi connectivity index (χ2n) is 7.53. The number of para-hydroxylation sites is 2. The molecule has 0 bridgehead atoms. The second kappa shape index (κ2) is 9.61. The predicted octanol–water partition coefficient (Wildman–Crippen LogP) is 2.33. The normalized spacial score (nSPS) is 13.8. The number of amides is 3. The Balaban J connectivity index is 1.48. The highest BCUT2D eigenvalue weighted by atomic mass is 16.5. The summed E-state index contributed by atoms with van der Waals surface area (Å²) >= 11 is 0. The molecule has 1 unspecified atom stereocenters. The standard InChI is InChI=1S/C23H27N5O3/c1-31-15-7-12-24-21(29)19(16-17-8-3-2-4-9-17)26-23(30)28-14-13-27-20-11-6-5-10-18(20)25-22(27)28/h2-6,8-11,19H,7,12-16H2,1H3,(H,24,29)(H,26,30). The van der Waals surface area contributed by atoms with Gasteiger partial charge in [-0.1, -0.05) is 42.5 Å². The summed E-state index contributed by atoms with van der Waals surface area (Å²) in [6.07, 6.45) is 1.12. The number of benzene rings is 2. The number of aromatic nitrogens is 2. The molecule has 3 aromatic rings. The minimum absolute atomic E-state index is 0.207. The van der Waals surface area contributed by atoms with Gasteiger partial charge in [-0.25, -0.2) is 9.78 Å². The van der Waals surface area contributed by atoms with Crippen molar-refractivity contribution < 1.29 is 14.3 Å². The van der Waals surface area contributed by atoms with Crippen molar-refractivity contribution in [1.29, 1.82) is 0 Å². The Labute approximate surface area is 181 Å². The summed E-state index contributed by atoms with van der Waals surface area (Å²) in [6, 6.07) is 16.5. The summed E-state index contributed by atoms with van der Waals surface area (Å²) in [5, 5.41) is 5.83. The quantitative estimate of drug-likeness (QED) is 0.547. The fraction of sp³-hybridized carbons (Fsp3) is 0.348. The third kappa shape index (κ3) is 4.69. The molecule has 0 radical (unpaired) electrons. The Morgan fingerprint density at radius 2 is 1.87 bits per heavy atom. The number of hydrogen-bond acceptors (Lipinski definition) is 4. The lowest BCUT2D eigenvalue weighted by molar-refractivity contribution is -0.122. The SMILES string of the molecule is COCCCNC(=O)C(Cc1ccccc1)NC(=O)N1CCn2c1nc1ccccc12. The van der Waals surface area contributed by atoms with E-state index in [2.05, 4.69) is 15.6 Å². The van der Waals surface area contributed by atoms with Crippen LogP contribution in [0, 0.1) is 0 Å². The minimum Gasteiger partial charge on any atom is -0.385 e. The third-order valence-corrected chi connectivity index (χ3v) is 5.39. The van der Waals surface area contributed by atoms with Gasteiger partial charge in [0.15, 0.2) is 0 Å². The van der Waals surface area contributed by atoms with Crippen LogP contribution in [0.3, 0.4) is 0 Å². The zero-order chi connectivity index (χ0) is 21.6.